The maximum Gasteiger partial charge on any atom is 0.263 e. The maximum absolute atomic E-state index is 12.2. The molecule has 0 radical (unpaired) electrons. The molecule has 0 atom stereocenters. The van der Waals surface area contributed by atoms with Crippen molar-refractivity contribution in [3.05, 3.63) is 65.9 Å². The van der Waals surface area contributed by atoms with E-state index in [4.69, 9.17) is 4.74 Å². The van der Waals surface area contributed by atoms with Crippen LogP contribution >= 0.6 is 0 Å². The SMILES string of the molecule is COc1ccc(CNC(=O)/C(C#N)=C\Nc2cccc(N(C)C)c2)cc1. The van der Waals surface area contributed by atoms with E-state index in [1.54, 1.807) is 7.11 Å². The molecule has 0 fully saturated rings. The third kappa shape index (κ3) is 5.28. The van der Waals surface area contributed by atoms with Crippen LogP contribution < -0.4 is 20.3 Å². The molecule has 0 aromatic heterocycles. The lowest BCUT2D eigenvalue weighted by Gasteiger charge is -2.13. The molecule has 0 aliphatic rings. The zero-order valence-electron chi connectivity index (χ0n) is 15.1. The van der Waals surface area contributed by atoms with E-state index in [9.17, 15) is 10.1 Å². The maximum atomic E-state index is 12.2. The van der Waals surface area contributed by atoms with Crippen molar-refractivity contribution < 1.29 is 9.53 Å². The molecule has 0 aliphatic heterocycles. The first-order valence-corrected chi connectivity index (χ1v) is 8.09. The lowest BCUT2D eigenvalue weighted by molar-refractivity contribution is -0.117. The van der Waals surface area contributed by atoms with Crippen LogP contribution in [0.1, 0.15) is 5.56 Å². The van der Waals surface area contributed by atoms with Crippen molar-refractivity contribution in [2.45, 2.75) is 6.54 Å². The quantitative estimate of drug-likeness (QED) is 0.593. The minimum Gasteiger partial charge on any atom is -0.497 e. The number of ether oxygens (including phenoxy) is 1. The fourth-order valence-corrected chi connectivity index (χ4v) is 2.20. The van der Waals surface area contributed by atoms with Gasteiger partial charge in [0.1, 0.15) is 17.4 Å². The third-order valence-corrected chi connectivity index (χ3v) is 3.72. The molecule has 0 saturated carbocycles. The van der Waals surface area contributed by atoms with Gasteiger partial charge in [-0.3, -0.25) is 4.79 Å². The fourth-order valence-electron chi connectivity index (χ4n) is 2.20. The van der Waals surface area contributed by atoms with E-state index in [0.717, 1.165) is 22.7 Å². The molecule has 2 aromatic carbocycles. The topological polar surface area (TPSA) is 77.4 Å². The molecule has 6 heteroatoms. The highest BCUT2D eigenvalue weighted by Crippen LogP contribution is 2.17. The number of nitriles is 1. The van der Waals surface area contributed by atoms with Crippen molar-refractivity contribution in [2.75, 3.05) is 31.4 Å². The number of anilines is 2. The van der Waals surface area contributed by atoms with Gasteiger partial charge in [0.25, 0.3) is 5.91 Å². The standard InChI is InChI=1S/C20H22N4O2/c1-24(2)18-6-4-5-17(11-18)22-14-16(12-21)20(25)23-13-15-7-9-19(26-3)10-8-15/h4-11,14,22H,13H2,1-3H3,(H,23,25)/b16-14-. The van der Waals surface area contributed by atoms with Crippen LogP contribution in [0, 0.1) is 11.3 Å². The van der Waals surface area contributed by atoms with Crippen LogP contribution in [0.15, 0.2) is 60.3 Å². The minimum atomic E-state index is -0.431. The summed E-state index contributed by atoms with van der Waals surface area (Å²) in [7, 11) is 5.49. The predicted molar refractivity (Wildman–Crippen MR) is 103 cm³/mol. The largest absolute Gasteiger partial charge is 0.497 e. The van der Waals surface area contributed by atoms with Crippen molar-refractivity contribution in [1.29, 1.82) is 5.26 Å². The van der Waals surface area contributed by atoms with E-state index in [1.165, 1.54) is 6.20 Å². The van der Waals surface area contributed by atoms with Crippen LogP contribution in [-0.2, 0) is 11.3 Å². The van der Waals surface area contributed by atoms with E-state index in [-0.39, 0.29) is 5.57 Å². The van der Waals surface area contributed by atoms with Gasteiger partial charge < -0.3 is 20.3 Å². The van der Waals surface area contributed by atoms with Crippen LogP contribution in [0.3, 0.4) is 0 Å². The van der Waals surface area contributed by atoms with Gasteiger partial charge in [0.15, 0.2) is 0 Å². The van der Waals surface area contributed by atoms with Crippen molar-refractivity contribution in [3.8, 4) is 11.8 Å². The second-order valence-corrected chi connectivity index (χ2v) is 5.79. The van der Waals surface area contributed by atoms with Crippen molar-refractivity contribution >= 4 is 17.3 Å². The Morgan fingerprint density at radius 2 is 1.96 bits per heavy atom. The summed E-state index contributed by atoms with van der Waals surface area (Å²) in [5.74, 6) is 0.321. The summed E-state index contributed by atoms with van der Waals surface area (Å²) >= 11 is 0. The highest BCUT2D eigenvalue weighted by Gasteiger charge is 2.08. The Balaban J connectivity index is 1.97. The number of nitrogens with one attached hydrogen (secondary N) is 2. The molecule has 6 nitrogen and oxygen atoms in total. The van der Waals surface area contributed by atoms with E-state index in [0.29, 0.717) is 6.54 Å². The first-order chi connectivity index (χ1) is 12.5. The molecule has 0 heterocycles. The molecule has 134 valence electrons. The highest BCUT2D eigenvalue weighted by molar-refractivity contribution is 5.97. The number of methoxy groups -OCH3 is 1. The van der Waals surface area contributed by atoms with Gasteiger partial charge in [-0.15, -0.1) is 0 Å². The summed E-state index contributed by atoms with van der Waals surface area (Å²) in [6.45, 7) is 0.331. The van der Waals surface area contributed by atoms with Gasteiger partial charge >= 0.3 is 0 Å². The van der Waals surface area contributed by atoms with Crippen LogP contribution in [0.2, 0.25) is 0 Å². The molecular weight excluding hydrogens is 328 g/mol. The molecule has 26 heavy (non-hydrogen) atoms. The van der Waals surface area contributed by atoms with Gasteiger partial charge in [-0.25, -0.2) is 0 Å². The van der Waals surface area contributed by atoms with Crippen LogP contribution in [-0.4, -0.2) is 27.1 Å². The molecule has 1 amide bonds. The van der Waals surface area contributed by atoms with Crippen LogP contribution in [0.4, 0.5) is 11.4 Å². The smallest absolute Gasteiger partial charge is 0.263 e. The second-order valence-electron chi connectivity index (χ2n) is 5.79. The minimum absolute atomic E-state index is 0.00812. The third-order valence-electron chi connectivity index (χ3n) is 3.72. The highest BCUT2D eigenvalue weighted by atomic mass is 16.5. The Hall–Kier alpha value is -3.46. The van der Waals surface area contributed by atoms with Crippen molar-refractivity contribution in [3.63, 3.8) is 0 Å². The molecule has 0 aliphatic carbocycles. The Morgan fingerprint density at radius 1 is 1.23 bits per heavy atom. The fraction of sp³-hybridized carbons (Fsp3) is 0.200. The van der Waals surface area contributed by atoms with E-state index in [1.807, 2.05) is 73.6 Å². The zero-order valence-corrected chi connectivity index (χ0v) is 15.1. The monoisotopic (exact) mass is 350 g/mol. The Labute approximate surface area is 153 Å². The van der Waals surface area contributed by atoms with Crippen LogP contribution in [0.25, 0.3) is 0 Å². The Kier molecular flexibility index (Phi) is 6.63. The molecule has 0 saturated heterocycles. The van der Waals surface area contributed by atoms with E-state index >= 15 is 0 Å². The number of amides is 1. The molecule has 2 N–H and O–H groups in total. The molecule has 0 spiro atoms. The Bertz CT molecular complexity index is 820. The Morgan fingerprint density at radius 3 is 2.58 bits per heavy atom. The molecule has 2 rings (SSSR count). The number of hydrogen-bond donors (Lipinski definition) is 2. The molecular formula is C20H22N4O2. The summed E-state index contributed by atoms with van der Waals surface area (Å²) < 4.78 is 5.10. The first-order valence-electron chi connectivity index (χ1n) is 8.09. The number of rotatable bonds is 7. The van der Waals surface area contributed by atoms with Gasteiger partial charge in [0.05, 0.1) is 7.11 Å². The molecule has 0 unspecified atom stereocenters. The van der Waals surface area contributed by atoms with E-state index in [2.05, 4.69) is 10.6 Å². The number of nitrogens with zero attached hydrogens (tertiary/aromatic N) is 2. The molecule has 2 aromatic rings. The lowest BCUT2D eigenvalue weighted by atomic mass is 10.2. The van der Waals surface area contributed by atoms with Crippen LogP contribution in [0.5, 0.6) is 5.75 Å². The predicted octanol–water partition coefficient (Wildman–Crippen LogP) is 2.90. The number of carbonyl (C=O) groups is 1. The summed E-state index contributed by atoms with van der Waals surface area (Å²) in [5.41, 5.74) is 2.75. The van der Waals surface area contributed by atoms with Gasteiger partial charge in [-0.2, -0.15) is 5.26 Å². The average molecular weight is 350 g/mol. The van der Waals surface area contributed by atoms with Gasteiger partial charge in [-0.1, -0.05) is 18.2 Å². The lowest BCUT2D eigenvalue weighted by Crippen LogP contribution is -2.24. The summed E-state index contributed by atoms with van der Waals surface area (Å²) in [4.78, 5) is 14.2. The normalized spacial score (nSPS) is 10.6. The average Bonchev–Trinajstić information content (AvgIpc) is 2.67. The van der Waals surface area contributed by atoms with Gasteiger partial charge in [0.2, 0.25) is 0 Å². The molecule has 0 bridgehead atoms. The van der Waals surface area contributed by atoms with Gasteiger partial charge in [0, 0.05) is 38.2 Å². The van der Waals surface area contributed by atoms with Gasteiger partial charge in [-0.05, 0) is 35.9 Å². The number of hydrogen-bond acceptors (Lipinski definition) is 5. The zero-order chi connectivity index (χ0) is 18.9. The summed E-state index contributed by atoms with van der Waals surface area (Å²) in [5, 5.41) is 15.0. The number of carbonyl (C=O) groups excluding carboxylic acids is 1. The number of benzene rings is 2. The van der Waals surface area contributed by atoms with Crippen molar-refractivity contribution in [2.24, 2.45) is 0 Å². The summed E-state index contributed by atoms with van der Waals surface area (Å²) in [6.07, 6.45) is 1.41. The summed E-state index contributed by atoms with van der Waals surface area (Å²) in [6, 6.07) is 17.0. The van der Waals surface area contributed by atoms with Crippen molar-refractivity contribution in [1.82, 2.24) is 5.32 Å². The van der Waals surface area contributed by atoms with E-state index < -0.39 is 5.91 Å². The second kappa shape index (κ2) is 9.14. The first kappa shape index (κ1) is 18.9.